The van der Waals surface area contributed by atoms with E-state index in [9.17, 15) is 13.6 Å². The van der Waals surface area contributed by atoms with Crippen molar-refractivity contribution in [2.75, 3.05) is 6.54 Å². The van der Waals surface area contributed by atoms with Gasteiger partial charge in [-0.3, -0.25) is 4.79 Å². The van der Waals surface area contributed by atoms with Gasteiger partial charge in [-0.1, -0.05) is 48.5 Å². The highest BCUT2D eigenvalue weighted by atomic mass is 19.1. The number of rotatable bonds is 7. The predicted molar refractivity (Wildman–Crippen MR) is 99.2 cm³/mol. The standard InChI is InChI=1S/C21H22F2N2O2/c1-2-7-21(26)25(13-15-8-3-5-10-18(15)22)14-16-12-20(24-27-16)17-9-4-6-11-19(17)23/h3-6,8-11,16H,2,7,12-14H2,1H3. The summed E-state index contributed by atoms with van der Waals surface area (Å²) in [5.41, 5.74) is 1.38. The Morgan fingerprint density at radius 2 is 1.85 bits per heavy atom. The fraction of sp³-hybridized carbons (Fsp3) is 0.333. The maximum Gasteiger partial charge on any atom is 0.222 e. The van der Waals surface area contributed by atoms with E-state index in [0.717, 1.165) is 0 Å². The van der Waals surface area contributed by atoms with Crippen molar-refractivity contribution < 1.29 is 18.4 Å². The Morgan fingerprint density at radius 3 is 2.56 bits per heavy atom. The third-order valence-electron chi connectivity index (χ3n) is 4.48. The van der Waals surface area contributed by atoms with Gasteiger partial charge in [0.1, 0.15) is 11.6 Å². The maximum absolute atomic E-state index is 14.0. The summed E-state index contributed by atoms with van der Waals surface area (Å²) >= 11 is 0. The molecule has 0 spiro atoms. The summed E-state index contributed by atoms with van der Waals surface area (Å²) in [7, 11) is 0. The molecule has 2 aromatic carbocycles. The molecular weight excluding hydrogens is 350 g/mol. The molecule has 27 heavy (non-hydrogen) atoms. The monoisotopic (exact) mass is 372 g/mol. The van der Waals surface area contributed by atoms with Crippen LogP contribution in [0.3, 0.4) is 0 Å². The summed E-state index contributed by atoms with van der Waals surface area (Å²) in [6.07, 6.45) is 1.10. The third kappa shape index (κ3) is 4.70. The predicted octanol–water partition coefficient (Wildman–Crippen LogP) is 4.29. The maximum atomic E-state index is 14.0. The minimum Gasteiger partial charge on any atom is -0.390 e. The van der Waals surface area contributed by atoms with Crippen LogP contribution >= 0.6 is 0 Å². The Kier molecular flexibility index (Phi) is 6.16. The van der Waals surface area contributed by atoms with E-state index in [1.54, 1.807) is 41.3 Å². The molecule has 0 saturated carbocycles. The van der Waals surface area contributed by atoms with Gasteiger partial charge in [0.05, 0.1) is 12.3 Å². The van der Waals surface area contributed by atoms with Crippen LogP contribution in [0, 0.1) is 11.6 Å². The lowest BCUT2D eigenvalue weighted by atomic mass is 10.0. The van der Waals surface area contributed by atoms with E-state index in [0.29, 0.717) is 36.1 Å². The number of halogens is 2. The Balaban J connectivity index is 1.69. The molecule has 0 bridgehead atoms. The number of benzene rings is 2. The van der Waals surface area contributed by atoms with Gasteiger partial charge in [0.2, 0.25) is 5.91 Å². The molecule has 1 aliphatic heterocycles. The van der Waals surface area contributed by atoms with Gasteiger partial charge in [-0.15, -0.1) is 0 Å². The van der Waals surface area contributed by atoms with Crippen LogP contribution in [0.5, 0.6) is 0 Å². The first kappa shape index (κ1) is 19.0. The van der Waals surface area contributed by atoms with Gasteiger partial charge in [0, 0.05) is 30.5 Å². The highest BCUT2D eigenvalue weighted by molar-refractivity contribution is 6.01. The molecule has 0 radical (unpaired) electrons. The second-order valence-electron chi connectivity index (χ2n) is 6.57. The molecule has 1 atom stereocenters. The summed E-state index contributed by atoms with van der Waals surface area (Å²) in [4.78, 5) is 19.5. The van der Waals surface area contributed by atoms with Crippen LogP contribution in [0.1, 0.15) is 37.3 Å². The van der Waals surface area contributed by atoms with Crippen molar-refractivity contribution >= 4 is 11.6 Å². The topological polar surface area (TPSA) is 41.9 Å². The van der Waals surface area contributed by atoms with Gasteiger partial charge >= 0.3 is 0 Å². The third-order valence-corrected chi connectivity index (χ3v) is 4.48. The molecule has 1 unspecified atom stereocenters. The molecular formula is C21H22F2N2O2. The number of amides is 1. The molecule has 1 heterocycles. The number of carbonyl (C=O) groups is 1. The van der Waals surface area contributed by atoms with Crippen molar-refractivity contribution in [1.82, 2.24) is 4.90 Å². The zero-order valence-electron chi connectivity index (χ0n) is 15.2. The van der Waals surface area contributed by atoms with Gasteiger partial charge in [-0.05, 0) is 18.6 Å². The molecule has 0 aliphatic carbocycles. The minimum atomic E-state index is -0.382. The molecule has 2 aromatic rings. The van der Waals surface area contributed by atoms with E-state index >= 15 is 0 Å². The van der Waals surface area contributed by atoms with Crippen molar-refractivity contribution in [2.45, 2.75) is 38.8 Å². The molecule has 0 saturated heterocycles. The van der Waals surface area contributed by atoms with Crippen LogP contribution in [0.4, 0.5) is 8.78 Å². The van der Waals surface area contributed by atoms with Crippen LogP contribution in [0.2, 0.25) is 0 Å². The van der Waals surface area contributed by atoms with Crippen molar-refractivity contribution in [2.24, 2.45) is 5.16 Å². The first-order valence-corrected chi connectivity index (χ1v) is 9.07. The first-order chi connectivity index (χ1) is 13.1. The molecule has 0 N–H and O–H groups in total. The fourth-order valence-electron chi connectivity index (χ4n) is 3.09. The Hall–Kier alpha value is -2.76. The van der Waals surface area contributed by atoms with Crippen LogP contribution in [0.25, 0.3) is 0 Å². The zero-order chi connectivity index (χ0) is 19.2. The van der Waals surface area contributed by atoms with Gasteiger partial charge in [-0.25, -0.2) is 8.78 Å². The molecule has 4 nitrogen and oxygen atoms in total. The summed E-state index contributed by atoms with van der Waals surface area (Å²) in [6, 6.07) is 12.8. The summed E-state index contributed by atoms with van der Waals surface area (Å²) < 4.78 is 28.0. The zero-order valence-corrected chi connectivity index (χ0v) is 15.2. The summed E-state index contributed by atoms with van der Waals surface area (Å²) in [5.74, 6) is -0.767. The Labute approximate surface area is 157 Å². The van der Waals surface area contributed by atoms with Crippen molar-refractivity contribution in [3.63, 3.8) is 0 Å². The average Bonchev–Trinajstić information content (AvgIpc) is 3.12. The fourth-order valence-corrected chi connectivity index (χ4v) is 3.09. The average molecular weight is 372 g/mol. The molecule has 0 fully saturated rings. The van der Waals surface area contributed by atoms with Gasteiger partial charge < -0.3 is 9.74 Å². The first-order valence-electron chi connectivity index (χ1n) is 9.07. The van der Waals surface area contributed by atoms with Crippen LogP contribution in [-0.4, -0.2) is 29.2 Å². The van der Waals surface area contributed by atoms with E-state index in [2.05, 4.69) is 5.16 Å². The van der Waals surface area contributed by atoms with Crippen LogP contribution < -0.4 is 0 Å². The molecule has 142 valence electrons. The number of nitrogens with zero attached hydrogens (tertiary/aromatic N) is 2. The molecule has 1 amide bonds. The Bertz CT molecular complexity index is 838. The van der Waals surface area contributed by atoms with Crippen LogP contribution in [0.15, 0.2) is 53.7 Å². The van der Waals surface area contributed by atoms with Crippen molar-refractivity contribution in [1.29, 1.82) is 0 Å². The highest BCUT2D eigenvalue weighted by Gasteiger charge is 2.28. The Morgan fingerprint density at radius 1 is 1.15 bits per heavy atom. The largest absolute Gasteiger partial charge is 0.390 e. The molecule has 1 aliphatic rings. The smallest absolute Gasteiger partial charge is 0.222 e. The quantitative estimate of drug-likeness (QED) is 0.728. The van der Waals surface area contributed by atoms with E-state index in [1.165, 1.54) is 12.1 Å². The van der Waals surface area contributed by atoms with Gasteiger partial charge in [-0.2, -0.15) is 0 Å². The molecule has 0 aromatic heterocycles. The normalized spacial score (nSPS) is 16.0. The second kappa shape index (κ2) is 8.75. The highest BCUT2D eigenvalue weighted by Crippen LogP contribution is 2.21. The number of hydrogen-bond donors (Lipinski definition) is 0. The van der Waals surface area contributed by atoms with Gasteiger partial charge in [0.15, 0.2) is 6.10 Å². The minimum absolute atomic E-state index is 0.0660. The summed E-state index contributed by atoms with van der Waals surface area (Å²) in [6.45, 7) is 2.36. The summed E-state index contributed by atoms with van der Waals surface area (Å²) in [5, 5.41) is 4.00. The lowest BCUT2D eigenvalue weighted by Gasteiger charge is -2.25. The second-order valence-corrected chi connectivity index (χ2v) is 6.57. The van der Waals surface area contributed by atoms with E-state index in [1.807, 2.05) is 6.92 Å². The van der Waals surface area contributed by atoms with Gasteiger partial charge in [0.25, 0.3) is 0 Å². The SMILES string of the molecule is CCCC(=O)N(Cc1ccccc1F)CC1CC(c2ccccc2F)=NO1. The molecule has 3 rings (SSSR count). The lowest BCUT2D eigenvalue weighted by Crippen LogP contribution is -2.37. The lowest BCUT2D eigenvalue weighted by molar-refractivity contribution is -0.133. The number of oxime groups is 1. The molecule has 6 heteroatoms. The van der Waals surface area contributed by atoms with E-state index in [-0.39, 0.29) is 36.7 Å². The number of carbonyl (C=O) groups excluding carboxylic acids is 1. The van der Waals surface area contributed by atoms with E-state index < -0.39 is 0 Å². The van der Waals surface area contributed by atoms with Crippen LogP contribution in [-0.2, 0) is 16.2 Å². The van der Waals surface area contributed by atoms with E-state index in [4.69, 9.17) is 4.84 Å². The van der Waals surface area contributed by atoms with Crippen molar-refractivity contribution in [3.8, 4) is 0 Å². The number of hydrogen-bond acceptors (Lipinski definition) is 3. The van der Waals surface area contributed by atoms with Crippen molar-refractivity contribution in [3.05, 3.63) is 71.3 Å².